The van der Waals surface area contributed by atoms with Crippen molar-refractivity contribution in [1.82, 2.24) is 5.32 Å². The van der Waals surface area contributed by atoms with Crippen LogP contribution in [0.1, 0.15) is 6.42 Å². The molecule has 1 aromatic carbocycles. The molecule has 1 atom stereocenters. The number of methoxy groups -OCH3 is 1. The summed E-state index contributed by atoms with van der Waals surface area (Å²) in [5, 5.41) is 5.85. The van der Waals surface area contributed by atoms with Gasteiger partial charge in [0.25, 0.3) is 0 Å². The lowest BCUT2D eigenvalue weighted by atomic mass is 10.2. The Kier molecular flexibility index (Phi) is 6.70. The van der Waals surface area contributed by atoms with Gasteiger partial charge in [0.05, 0.1) is 31.9 Å². The van der Waals surface area contributed by atoms with E-state index in [4.69, 9.17) is 9.47 Å². The fourth-order valence-electron chi connectivity index (χ4n) is 1.93. The van der Waals surface area contributed by atoms with E-state index >= 15 is 0 Å². The number of benzene rings is 1. The van der Waals surface area contributed by atoms with Gasteiger partial charge in [-0.25, -0.2) is 4.39 Å². The molecule has 0 spiro atoms. The summed E-state index contributed by atoms with van der Waals surface area (Å²) in [5.41, 5.74) is 0.456. The minimum atomic E-state index is -0.408. The van der Waals surface area contributed by atoms with E-state index in [1.165, 1.54) is 25.3 Å². The monoisotopic (exact) mass is 304 g/mol. The van der Waals surface area contributed by atoms with Crippen LogP contribution in [0, 0.1) is 5.82 Å². The maximum atomic E-state index is 13.0. The molecule has 0 saturated carbocycles. The van der Waals surface area contributed by atoms with Crippen LogP contribution in [0.5, 0.6) is 5.75 Å². The van der Waals surface area contributed by atoms with Gasteiger partial charge in [-0.05, 0) is 12.1 Å². The molecule has 0 radical (unpaired) electrons. The number of amides is 1. The molecule has 7 heteroatoms. The maximum absolute atomic E-state index is 13.0. The van der Waals surface area contributed by atoms with E-state index in [0.29, 0.717) is 24.6 Å². The number of halogens is 2. The van der Waals surface area contributed by atoms with E-state index in [9.17, 15) is 9.18 Å². The maximum Gasteiger partial charge on any atom is 0.227 e. The molecule has 2 rings (SSSR count). The Morgan fingerprint density at radius 2 is 2.40 bits per heavy atom. The first-order valence-electron chi connectivity index (χ1n) is 6.15. The van der Waals surface area contributed by atoms with E-state index in [1.807, 2.05) is 0 Å². The van der Waals surface area contributed by atoms with Crippen molar-refractivity contribution >= 4 is 24.0 Å². The normalized spacial score (nSPS) is 18.0. The summed E-state index contributed by atoms with van der Waals surface area (Å²) in [6, 6.07) is 3.98. The highest BCUT2D eigenvalue weighted by Crippen LogP contribution is 2.25. The first kappa shape index (κ1) is 16.7. The number of nitrogens with one attached hydrogen (secondary N) is 2. The SMILES string of the molecule is COc1cc(F)ccc1NC(=O)CC1CNCCO1.Cl. The molecule has 0 bridgehead atoms. The van der Waals surface area contributed by atoms with E-state index in [0.717, 1.165) is 6.54 Å². The molecule has 1 heterocycles. The minimum absolute atomic E-state index is 0. The molecule has 20 heavy (non-hydrogen) atoms. The van der Waals surface area contributed by atoms with Gasteiger partial charge in [-0.15, -0.1) is 12.4 Å². The van der Waals surface area contributed by atoms with Gasteiger partial charge < -0.3 is 20.1 Å². The second kappa shape index (κ2) is 8.04. The summed E-state index contributed by atoms with van der Waals surface area (Å²) in [6.07, 6.45) is 0.133. The molecule has 5 nitrogen and oxygen atoms in total. The Hall–Kier alpha value is -1.37. The van der Waals surface area contributed by atoms with Crippen LogP contribution >= 0.6 is 12.4 Å². The van der Waals surface area contributed by atoms with Gasteiger partial charge in [0.1, 0.15) is 11.6 Å². The molecule has 1 aromatic rings. The van der Waals surface area contributed by atoms with Gasteiger partial charge in [-0.2, -0.15) is 0 Å². The van der Waals surface area contributed by atoms with Crippen LogP contribution in [0.2, 0.25) is 0 Å². The van der Waals surface area contributed by atoms with Gasteiger partial charge in [0, 0.05) is 19.2 Å². The minimum Gasteiger partial charge on any atom is -0.494 e. The van der Waals surface area contributed by atoms with Crippen molar-refractivity contribution in [1.29, 1.82) is 0 Å². The summed E-state index contributed by atoms with van der Waals surface area (Å²) < 4.78 is 23.5. The summed E-state index contributed by atoms with van der Waals surface area (Å²) >= 11 is 0. The molecule has 1 saturated heterocycles. The number of morpholine rings is 1. The third kappa shape index (κ3) is 4.63. The van der Waals surface area contributed by atoms with Crippen LogP contribution in [-0.4, -0.2) is 38.8 Å². The summed E-state index contributed by atoms with van der Waals surface area (Å²) in [7, 11) is 1.43. The standard InChI is InChI=1S/C13H17FN2O3.ClH/c1-18-12-6-9(14)2-3-11(12)16-13(17)7-10-8-15-4-5-19-10;/h2-3,6,10,15H,4-5,7-8H2,1H3,(H,16,17);1H. The quantitative estimate of drug-likeness (QED) is 0.886. The first-order chi connectivity index (χ1) is 9.19. The molecular weight excluding hydrogens is 287 g/mol. The van der Waals surface area contributed by atoms with Gasteiger partial charge >= 0.3 is 0 Å². The largest absolute Gasteiger partial charge is 0.494 e. The summed E-state index contributed by atoms with van der Waals surface area (Å²) in [4.78, 5) is 11.9. The highest BCUT2D eigenvalue weighted by molar-refractivity contribution is 5.92. The number of carbonyl (C=O) groups is 1. The number of rotatable bonds is 4. The third-order valence-corrected chi connectivity index (χ3v) is 2.86. The van der Waals surface area contributed by atoms with Crippen LogP contribution < -0.4 is 15.4 Å². The molecule has 1 unspecified atom stereocenters. The molecule has 1 fully saturated rings. The van der Waals surface area contributed by atoms with Crippen LogP contribution in [0.4, 0.5) is 10.1 Å². The van der Waals surface area contributed by atoms with Crippen molar-refractivity contribution in [3.8, 4) is 5.75 Å². The highest BCUT2D eigenvalue weighted by atomic mass is 35.5. The number of carbonyl (C=O) groups excluding carboxylic acids is 1. The number of hydrogen-bond donors (Lipinski definition) is 2. The lowest BCUT2D eigenvalue weighted by Gasteiger charge is -2.23. The number of ether oxygens (including phenoxy) is 2. The van der Waals surface area contributed by atoms with E-state index in [2.05, 4.69) is 10.6 Å². The topological polar surface area (TPSA) is 59.6 Å². The van der Waals surface area contributed by atoms with Crippen molar-refractivity contribution < 1.29 is 18.7 Å². The zero-order valence-corrected chi connectivity index (χ0v) is 12.0. The van der Waals surface area contributed by atoms with Gasteiger partial charge in [0.2, 0.25) is 5.91 Å². The average Bonchev–Trinajstić information content (AvgIpc) is 2.42. The van der Waals surface area contributed by atoms with Crippen molar-refractivity contribution in [3.05, 3.63) is 24.0 Å². The predicted molar refractivity (Wildman–Crippen MR) is 76.1 cm³/mol. The van der Waals surface area contributed by atoms with Gasteiger partial charge in [-0.3, -0.25) is 4.79 Å². The van der Waals surface area contributed by atoms with E-state index in [-0.39, 0.29) is 30.8 Å². The third-order valence-electron chi connectivity index (χ3n) is 2.86. The Morgan fingerprint density at radius 3 is 3.05 bits per heavy atom. The van der Waals surface area contributed by atoms with E-state index in [1.54, 1.807) is 0 Å². The van der Waals surface area contributed by atoms with Crippen molar-refractivity contribution in [2.24, 2.45) is 0 Å². The van der Waals surface area contributed by atoms with Crippen LogP contribution in [-0.2, 0) is 9.53 Å². The van der Waals surface area contributed by atoms with Crippen molar-refractivity contribution in [3.63, 3.8) is 0 Å². The second-order valence-electron chi connectivity index (χ2n) is 4.29. The molecule has 1 amide bonds. The van der Waals surface area contributed by atoms with Gasteiger partial charge in [0.15, 0.2) is 0 Å². The number of hydrogen-bond acceptors (Lipinski definition) is 4. The second-order valence-corrected chi connectivity index (χ2v) is 4.29. The fourth-order valence-corrected chi connectivity index (χ4v) is 1.93. The predicted octanol–water partition coefficient (Wildman–Crippen LogP) is 1.57. The van der Waals surface area contributed by atoms with Crippen LogP contribution in [0.3, 0.4) is 0 Å². The molecule has 0 aromatic heterocycles. The van der Waals surface area contributed by atoms with E-state index < -0.39 is 5.82 Å². The Labute approximate surface area is 123 Å². The summed E-state index contributed by atoms with van der Waals surface area (Å²) in [5.74, 6) is -0.288. The molecule has 0 aliphatic carbocycles. The highest BCUT2D eigenvalue weighted by Gasteiger charge is 2.18. The zero-order chi connectivity index (χ0) is 13.7. The first-order valence-corrected chi connectivity index (χ1v) is 6.15. The van der Waals surface area contributed by atoms with Crippen LogP contribution in [0.15, 0.2) is 18.2 Å². The molecule has 112 valence electrons. The Balaban J connectivity index is 0.00000200. The number of anilines is 1. The van der Waals surface area contributed by atoms with Crippen LogP contribution in [0.25, 0.3) is 0 Å². The Morgan fingerprint density at radius 1 is 1.60 bits per heavy atom. The molecular formula is C13H18ClFN2O3. The lowest BCUT2D eigenvalue weighted by Crippen LogP contribution is -2.40. The van der Waals surface area contributed by atoms with Crippen molar-refractivity contribution in [2.75, 3.05) is 32.1 Å². The molecule has 1 aliphatic heterocycles. The van der Waals surface area contributed by atoms with Gasteiger partial charge in [-0.1, -0.05) is 0 Å². The smallest absolute Gasteiger partial charge is 0.227 e. The van der Waals surface area contributed by atoms with Crippen molar-refractivity contribution in [2.45, 2.75) is 12.5 Å². The Bertz CT molecular complexity index is 453. The molecule has 1 aliphatic rings. The zero-order valence-electron chi connectivity index (χ0n) is 11.1. The summed E-state index contributed by atoms with van der Waals surface area (Å²) in [6.45, 7) is 2.08. The lowest BCUT2D eigenvalue weighted by molar-refractivity contribution is -0.119. The average molecular weight is 305 g/mol. The molecule has 2 N–H and O–H groups in total. The fraction of sp³-hybridized carbons (Fsp3) is 0.462.